The van der Waals surface area contributed by atoms with Gasteiger partial charge in [0.15, 0.2) is 0 Å². The van der Waals surface area contributed by atoms with E-state index in [1.165, 1.54) is 5.56 Å². The molecule has 0 N–H and O–H groups in total. The van der Waals surface area contributed by atoms with E-state index in [9.17, 15) is 4.79 Å². The third-order valence-corrected chi connectivity index (χ3v) is 4.75. The van der Waals surface area contributed by atoms with Crippen molar-refractivity contribution < 1.29 is 14.3 Å². The molecule has 0 unspecified atom stereocenters. The molecule has 1 fully saturated rings. The van der Waals surface area contributed by atoms with Crippen molar-refractivity contribution in [3.05, 3.63) is 17.6 Å². The van der Waals surface area contributed by atoms with Gasteiger partial charge in [0.1, 0.15) is 17.7 Å². The van der Waals surface area contributed by atoms with E-state index in [2.05, 4.69) is 21.8 Å². The van der Waals surface area contributed by atoms with Gasteiger partial charge in [-0.3, -0.25) is 0 Å². The number of amides is 1. The van der Waals surface area contributed by atoms with E-state index in [-0.39, 0.29) is 18.2 Å². The average Bonchev–Trinajstić information content (AvgIpc) is 2.96. The Morgan fingerprint density at radius 1 is 1.28 bits per heavy atom. The molecule has 1 amide bonds. The van der Waals surface area contributed by atoms with E-state index >= 15 is 0 Å². The number of rotatable bonds is 2. The van der Waals surface area contributed by atoms with Crippen molar-refractivity contribution >= 4 is 11.9 Å². The summed E-state index contributed by atoms with van der Waals surface area (Å²) < 4.78 is 11.0. The van der Waals surface area contributed by atoms with Gasteiger partial charge in [0.2, 0.25) is 0 Å². The lowest BCUT2D eigenvalue weighted by Gasteiger charge is -2.41. The fraction of sp³-hybridized carbons (Fsp3) is 0.722. The van der Waals surface area contributed by atoms with Crippen LogP contribution in [-0.4, -0.2) is 59.3 Å². The summed E-state index contributed by atoms with van der Waals surface area (Å²) in [5.41, 5.74) is 1.72. The molecule has 1 saturated heterocycles. The maximum atomic E-state index is 12.3. The maximum absolute atomic E-state index is 12.3. The molecule has 1 aliphatic heterocycles. The zero-order valence-electron chi connectivity index (χ0n) is 15.8. The molecule has 7 heteroatoms. The smallest absolute Gasteiger partial charge is 0.410 e. The molecule has 2 heterocycles. The van der Waals surface area contributed by atoms with E-state index in [1.54, 1.807) is 18.3 Å². The van der Waals surface area contributed by atoms with Crippen LogP contribution in [0.3, 0.4) is 0 Å². The highest BCUT2D eigenvalue weighted by atomic mass is 16.6. The predicted molar refractivity (Wildman–Crippen MR) is 94.7 cm³/mol. The zero-order chi connectivity index (χ0) is 18.2. The van der Waals surface area contributed by atoms with Crippen molar-refractivity contribution in [2.24, 2.45) is 0 Å². The Bertz CT molecular complexity index is 644. The molecule has 0 bridgehead atoms. The number of aromatic nitrogens is 2. The van der Waals surface area contributed by atoms with Gasteiger partial charge in [-0.25, -0.2) is 14.8 Å². The topological polar surface area (TPSA) is 67.8 Å². The number of carbonyl (C=O) groups is 1. The molecule has 0 radical (unpaired) electrons. The monoisotopic (exact) mass is 348 g/mol. The van der Waals surface area contributed by atoms with Crippen molar-refractivity contribution in [1.29, 1.82) is 0 Å². The summed E-state index contributed by atoms with van der Waals surface area (Å²) in [6, 6.07) is 0.168. The molecular formula is C18H28N4O3. The van der Waals surface area contributed by atoms with E-state index in [0.717, 1.165) is 30.9 Å². The van der Waals surface area contributed by atoms with Crippen LogP contribution in [0.5, 0.6) is 0 Å². The minimum Gasteiger partial charge on any atom is -0.444 e. The maximum Gasteiger partial charge on any atom is 0.410 e. The van der Waals surface area contributed by atoms with E-state index in [0.29, 0.717) is 13.1 Å². The first-order valence-electron chi connectivity index (χ1n) is 8.91. The van der Waals surface area contributed by atoms with Gasteiger partial charge >= 0.3 is 6.09 Å². The van der Waals surface area contributed by atoms with Crippen LogP contribution in [0.1, 0.15) is 51.5 Å². The van der Waals surface area contributed by atoms with Crippen molar-refractivity contribution in [2.45, 2.75) is 58.3 Å². The number of hydrogen-bond acceptors (Lipinski definition) is 6. The summed E-state index contributed by atoms with van der Waals surface area (Å²) in [6.07, 6.45) is 3.33. The molecule has 3 rings (SSSR count). The summed E-state index contributed by atoms with van der Waals surface area (Å²) in [7, 11) is 1.73. The Labute approximate surface area is 149 Å². The van der Waals surface area contributed by atoms with Crippen LogP contribution < -0.4 is 4.90 Å². The number of carbonyl (C=O) groups excluding carboxylic acids is 1. The lowest BCUT2D eigenvalue weighted by Crippen LogP contribution is -2.55. The standard InChI is InChI=1S/C18H28N4O3/c1-12-10-21(17(23)25-18(2,3)4)8-9-22(12)16-13-6-7-14(24-5)15(13)19-11-20-16/h11-12,14H,6-10H2,1-5H3/t12-,14+/m0/s1. The molecule has 2 atom stereocenters. The normalized spacial score (nSPS) is 23.6. The van der Waals surface area contributed by atoms with Gasteiger partial charge < -0.3 is 19.3 Å². The third kappa shape index (κ3) is 3.71. The summed E-state index contributed by atoms with van der Waals surface area (Å²) in [5.74, 6) is 0.987. The molecule has 0 saturated carbocycles. The van der Waals surface area contributed by atoms with Crippen LogP contribution in [0.25, 0.3) is 0 Å². The van der Waals surface area contributed by atoms with Crippen molar-refractivity contribution in [3.8, 4) is 0 Å². The molecule has 0 aromatic carbocycles. The second-order valence-electron chi connectivity index (χ2n) is 7.79. The van der Waals surface area contributed by atoms with E-state index in [1.807, 2.05) is 20.8 Å². The van der Waals surface area contributed by atoms with Crippen LogP contribution in [0.2, 0.25) is 0 Å². The van der Waals surface area contributed by atoms with Gasteiger partial charge in [-0.1, -0.05) is 0 Å². The number of anilines is 1. The van der Waals surface area contributed by atoms with E-state index in [4.69, 9.17) is 9.47 Å². The minimum absolute atomic E-state index is 0.0649. The lowest BCUT2D eigenvalue weighted by atomic mass is 10.1. The second kappa shape index (κ2) is 6.78. The first-order chi connectivity index (χ1) is 11.8. The highest BCUT2D eigenvalue weighted by molar-refractivity contribution is 5.69. The Kier molecular flexibility index (Phi) is 4.86. The molecule has 1 aromatic heterocycles. The largest absolute Gasteiger partial charge is 0.444 e. The summed E-state index contributed by atoms with van der Waals surface area (Å²) in [6.45, 7) is 9.78. The SMILES string of the molecule is CO[C@@H]1CCc2c1ncnc2N1CCN(C(=O)OC(C)(C)C)C[C@@H]1C. The summed E-state index contributed by atoms with van der Waals surface area (Å²) >= 11 is 0. The van der Waals surface area contributed by atoms with Crippen LogP contribution in [0, 0.1) is 0 Å². The van der Waals surface area contributed by atoms with Gasteiger partial charge in [0, 0.05) is 38.3 Å². The highest BCUT2D eigenvalue weighted by Crippen LogP contribution is 2.37. The lowest BCUT2D eigenvalue weighted by molar-refractivity contribution is 0.0218. The first-order valence-corrected chi connectivity index (χ1v) is 8.91. The van der Waals surface area contributed by atoms with Crippen molar-refractivity contribution in [1.82, 2.24) is 14.9 Å². The summed E-state index contributed by atoms with van der Waals surface area (Å²) in [5, 5.41) is 0. The van der Waals surface area contributed by atoms with Crippen LogP contribution in [0.15, 0.2) is 6.33 Å². The fourth-order valence-corrected chi connectivity index (χ4v) is 3.59. The first kappa shape index (κ1) is 17.9. The molecule has 1 aromatic rings. The molecule has 138 valence electrons. The molecule has 7 nitrogen and oxygen atoms in total. The summed E-state index contributed by atoms with van der Waals surface area (Å²) in [4.78, 5) is 25.4. The van der Waals surface area contributed by atoms with Gasteiger partial charge in [-0.2, -0.15) is 0 Å². The molecule has 25 heavy (non-hydrogen) atoms. The Morgan fingerprint density at radius 3 is 2.68 bits per heavy atom. The van der Waals surface area contributed by atoms with Gasteiger partial charge in [0.25, 0.3) is 0 Å². The van der Waals surface area contributed by atoms with Crippen molar-refractivity contribution in [2.75, 3.05) is 31.6 Å². The Balaban J connectivity index is 1.73. The van der Waals surface area contributed by atoms with E-state index < -0.39 is 5.60 Å². The number of hydrogen-bond donors (Lipinski definition) is 0. The second-order valence-corrected chi connectivity index (χ2v) is 7.79. The average molecular weight is 348 g/mol. The van der Waals surface area contributed by atoms with Gasteiger partial charge in [-0.05, 0) is 40.5 Å². The van der Waals surface area contributed by atoms with Gasteiger partial charge in [0.05, 0.1) is 11.8 Å². The fourth-order valence-electron chi connectivity index (χ4n) is 3.59. The van der Waals surface area contributed by atoms with Crippen LogP contribution in [-0.2, 0) is 15.9 Å². The minimum atomic E-state index is -0.472. The molecule has 0 spiro atoms. The van der Waals surface area contributed by atoms with Crippen molar-refractivity contribution in [3.63, 3.8) is 0 Å². The quantitative estimate of drug-likeness (QED) is 0.818. The number of nitrogens with zero attached hydrogens (tertiary/aromatic N) is 4. The number of ether oxygens (including phenoxy) is 2. The predicted octanol–water partition coefficient (Wildman–Crippen LogP) is 2.56. The molecular weight excluding hydrogens is 320 g/mol. The number of piperazine rings is 1. The van der Waals surface area contributed by atoms with Crippen LogP contribution >= 0.6 is 0 Å². The third-order valence-electron chi connectivity index (χ3n) is 4.75. The number of methoxy groups -OCH3 is 1. The highest BCUT2D eigenvalue weighted by Gasteiger charge is 2.34. The van der Waals surface area contributed by atoms with Gasteiger partial charge in [-0.15, -0.1) is 0 Å². The number of fused-ring (bicyclic) bond motifs is 1. The molecule has 2 aliphatic rings. The Hall–Kier alpha value is -1.89. The molecule has 1 aliphatic carbocycles. The zero-order valence-corrected chi connectivity index (χ0v) is 15.8. The Morgan fingerprint density at radius 2 is 2.04 bits per heavy atom. The van der Waals surface area contributed by atoms with Crippen LogP contribution in [0.4, 0.5) is 10.6 Å².